The summed E-state index contributed by atoms with van der Waals surface area (Å²) in [6.07, 6.45) is 5.22. The maximum Gasteiger partial charge on any atom is 0.149 e. The molecule has 2 N–H and O–H groups in total. The van der Waals surface area contributed by atoms with Gasteiger partial charge in [0, 0.05) is 6.42 Å². The Morgan fingerprint density at radius 1 is 1.64 bits per heavy atom. The van der Waals surface area contributed by atoms with Crippen LogP contribution in [0.5, 0.6) is 0 Å². The van der Waals surface area contributed by atoms with Crippen LogP contribution in [0.4, 0.5) is 0 Å². The second-order valence-corrected chi connectivity index (χ2v) is 3.46. The number of carbonyl (C=O) groups is 1. The summed E-state index contributed by atoms with van der Waals surface area (Å²) in [5.74, 6) is 1.10. The SMILES string of the molecule is CC[C@H](N)C(=O)CCC1CC1. The fourth-order valence-corrected chi connectivity index (χ4v) is 1.17. The Labute approximate surface area is 68.2 Å². The minimum Gasteiger partial charge on any atom is -0.322 e. The molecule has 11 heavy (non-hydrogen) atoms. The predicted octanol–water partition coefficient (Wildman–Crippen LogP) is 1.48. The molecule has 1 atom stereocenters. The minimum atomic E-state index is -0.200. The smallest absolute Gasteiger partial charge is 0.149 e. The summed E-state index contributed by atoms with van der Waals surface area (Å²) in [6, 6.07) is -0.200. The van der Waals surface area contributed by atoms with Crippen molar-refractivity contribution in [1.82, 2.24) is 0 Å². The van der Waals surface area contributed by atoms with Crippen LogP contribution in [0.2, 0.25) is 0 Å². The summed E-state index contributed by atoms with van der Waals surface area (Å²) in [5, 5.41) is 0. The molecule has 1 rings (SSSR count). The van der Waals surface area contributed by atoms with Crippen LogP contribution in [0.25, 0.3) is 0 Å². The van der Waals surface area contributed by atoms with Gasteiger partial charge in [0.25, 0.3) is 0 Å². The molecule has 0 aromatic heterocycles. The zero-order chi connectivity index (χ0) is 8.27. The normalized spacial score (nSPS) is 19.8. The number of carbonyl (C=O) groups excluding carboxylic acids is 1. The average molecular weight is 155 g/mol. The fourth-order valence-electron chi connectivity index (χ4n) is 1.17. The van der Waals surface area contributed by atoms with Crippen molar-refractivity contribution in [3.05, 3.63) is 0 Å². The van der Waals surface area contributed by atoms with Crippen molar-refractivity contribution in [2.45, 2.75) is 45.1 Å². The molecule has 0 aliphatic heterocycles. The monoisotopic (exact) mass is 155 g/mol. The molecular weight excluding hydrogens is 138 g/mol. The van der Waals surface area contributed by atoms with E-state index in [9.17, 15) is 4.79 Å². The molecule has 2 nitrogen and oxygen atoms in total. The van der Waals surface area contributed by atoms with E-state index in [1.807, 2.05) is 6.92 Å². The molecule has 1 aliphatic carbocycles. The highest BCUT2D eigenvalue weighted by Crippen LogP contribution is 2.33. The van der Waals surface area contributed by atoms with Gasteiger partial charge in [-0.2, -0.15) is 0 Å². The molecule has 0 aromatic rings. The van der Waals surface area contributed by atoms with Crippen LogP contribution in [0, 0.1) is 5.92 Å². The van der Waals surface area contributed by atoms with Crippen molar-refractivity contribution < 1.29 is 4.79 Å². The molecule has 0 bridgehead atoms. The number of Topliss-reactive ketones (excluding diaryl/α,β-unsaturated/α-hetero) is 1. The van der Waals surface area contributed by atoms with E-state index in [-0.39, 0.29) is 11.8 Å². The van der Waals surface area contributed by atoms with Crippen molar-refractivity contribution in [3.63, 3.8) is 0 Å². The molecular formula is C9H17NO. The van der Waals surface area contributed by atoms with Gasteiger partial charge in [-0.25, -0.2) is 0 Å². The van der Waals surface area contributed by atoms with E-state index in [1.165, 1.54) is 12.8 Å². The van der Waals surface area contributed by atoms with Crippen molar-refractivity contribution in [1.29, 1.82) is 0 Å². The molecule has 1 fully saturated rings. The van der Waals surface area contributed by atoms with Crippen LogP contribution in [-0.2, 0) is 4.79 Å². The molecule has 0 heterocycles. The van der Waals surface area contributed by atoms with Crippen LogP contribution in [0.1, 0.15) is 39.0 Å². The largest absolute Gasteiger partial charge is 0.322 e. The Kier molecular flexibility index (Phi) is 3.06. The van der Waals surface area contributed by atoms with E-state index in [0.29, 0.717) is 6.42 Å². The number of ketones is 1. The lowest BCUT2D eigenvalue weighted by Gasteiger charge is -2.05. The first kappa shape index (κ1) is 8.72. The van der Waals surface area contributed by atoms with Crippen LogP contribution in [0.15, 0.2) is 0 Å². The van der Waals surface area contributed by atoms with Crippen molar-refractivity contribution in [3.8, 4) is 0 Å². The summed E-state index contributed by atoms with van der Waals surface area (Å²) >= 11 is 0. The maximum absolute atomic E-state index is 11.2. The summed E-state index contributed by atoms with van der Waals surface area (Å²) in [4.78, 5) is 11.2. The first-order valence-corrected chi connectivity index (χ1v) is 4.52. The molecule has 0 saturated heterocycles. The summed E-state index contributed by atoms with van der Waals surface area (Å²) in [5.41, 5.74) is 5.57. The Morgan fingerprint density at radius 3 is 2.73 bits per heavy atom. The van der Waals surface area contributed by atoms with Gasteiger partial charge in [0.15, 0.2) is 0 Å². The Bertz CT molecular complexity index is 140. The summed E-state index contributed by atoms with van der Waals surface area (Å²) < 4.78 is 0. The van der Waals surface area contributed by atoms with E-state index >= 15 is 0 Å². The highest BCUT2D eigenvalue weighted by atomic mass is 16.1. The predicted molar refractivity (Wildman–Crippen MR) is 45.2 cm³/mol. The second-order valence-electron chi connectivity index (χ2n) is 3.46. The third-order valence-corrected chi connectivity index (χ3v) is 2.35. The highest BCUT2D eigenvalue weighted by Gasteiger charge is 2.22. The van der Waals surface area contributed by atoms with E-state index < -0.39 is 0 Å². The van der Waals surface area contributed by atoms with Crippen molar-refractivity contribution in [2.75, 3.05) is 0 Å². The summed E-state index contributed by atoms with van der Waals surface area (Å²) in [7, 11) is 0. The van der Waals surface area contributed by atoms with Crippen LogP contribution < -0.4 is 5.73 Å². The van der Waals surface area contributed by atoms with Crippen molar-refractivity contribution >= 4 is 5.78 Å². The zero-order valence-electron chi connectivity index (χ0n) is 7.18. The first-order valence-electron chi connectivity index (χ1n) is 4.52. The zero-order valence-corrected chi connectivity index (χ0v) is 7.18. The Hall–Kier alpha value is -0.370. The number of hydrogen-bond acceptors (Lipinski definition) is 2. The molecule has 0 spiro atoms. The van der Waals surface area contributed by atoms with Gasteiger partial charge in [-0.05, 0) is 18.8 Å². The molecule has 2 heteroatoms. The quantitative estimate of drug-likeness (QED) is 0.653. The van der Waals surface area contributed by atoms with E-state index in [0.717, 1.165) is 18.8 Å². The van der Waals surface area contributed by atoms with Crippen LogP contribution in [0.3, 0.4) is 0 Å². The molecule has 0 unspecified atom stereocenters. The molecule has 1 aliphatic rings. The van der Waals surface area contributed by atoms with Crippen LogP contribution >= 0.6 is 0 Å². The Morgan fingerprint density at radius 2 is 2.27 bits per heavy atom. The van der Waals surface area contributed by atoms with E-state index in [2.05, 4.69) is 0 Å². The van der Waals surface area contributed by atoms with Gasteiger partial charge in [0.2, 0.25) is 0 Å². The number of hydrogen-bond donors (Lipinski definition) is 1. The highest BCUT2D eigenvalue weighted by molar-refractivity contribution is 5.83. The van der Waals surface area contributed by atoms with Gasteiger partial charge in [-0.3, -0.25) is 4.79 Å². The standard InChI is InChI=1S/C9H17NO/c1-2-8(10)9(11)6-5-7-3-4-7/h7-8H,2-6,10H2,1H3/t8-/m0/s1. The van der Waals surface area contributed by atoms with E-state index in [4.69, 9.17) is 5.73 Å². The van der Waals surface area contributed by atoms with E-state index in [1.54, 1.807) is 0 Å². The molecule has 1 saturated carbocycles. The number of nitrogens with two attached hydrogens (primary N) is 1. The van der Waals surface area contributed by atoms with Gasteiger partial charge in [0.05, 0.1) is 6.04 Å². The fraction of sp³-hybridized carbons (Fsp3) is 0.889. The lowest BCUT2D eigenvalue weighted by Crippen LogP contribution is -2.29. The van der Waals surface area contributed by atoms with Crippen LogP contribution in [-0.4, -0.2) is 11.8 Å². The molecule has 0 aromatic carbocycles. The average Bonchev–Trinajstić information content (AvgIpc) is 2.81. The summed E-state index contributed by atoms with van der Waals surface area (Å²) in [6.45, 7) is 1.96. The molecule has 0 radical (unpaired) electrons. The molecule has 64 valence electrons. The first-order chi connectivity index (χ1) is 5.24. The van der Waals surface area contributed by atoms with Gasteiger partial charge >= 0.3 is 0 Å². The van der Waals surface area contributed by atoms with Crippen molar-refractivity contribution in [2.24, 2.45) is 11.7 Å². The lowest BCUT2D eigenvalue weighted by molar-refractivity contribution is -0.120. The topological polar surface area (TPSA) is 43.1 Å². The third kappa shape index (κ3) is 3.02. The Balaban J connectivity index is 2.08. The maximum atomic E-state index is 11.2. The van der Waals surface area contributed by atoms with Gasteiger partial charge < -0.3 is 5.73 Å². The number of rotatable bonds is 5. The van der Waals surface area contributed by atoms with Gasteiger partial charge in [0.1, 0.15) is 5.78 Å². The minimum absolute atomic E-state index is 0.200. The molecule has 0 amide bonds. The van der Waals surface area contributed by atoms with Gasteiger partial charge in [-0.1, -0.05) is 19.8 Å². The second kappa shape index (κ2) is 3.86. The van der Waals surface area contributed by atoms with Gasteiger partial charge in [-0.15, -0.1) is 0 Å². The third-order valence-electron chi connectivity index (χ3n) is 2.35. The lowest BCUT2D eigenvalue weighted by atomic mass is 10.1.